The number of aliphatic hydroxyl groups excluding tert-OH is 2. The van der Waals surface area contributed by atoms with Crippen molar-refractivity contribution in [3.63, 3.8) is 0 Å². The second kappa shape index (κ2) is 4.80. The van der Waals surface area contributed by atoms with E-state index < -0.39 is 6.10 Å². The second-order valence-corrected chi connectivity index (χ2v) is 5.53. The lowest BCUT2D eigenvalue weighted by molar-refractivity contribution is 0.0919. The average Bonchev–Trinajstić information content (AvgIpc) is 2.73. The normalized spacial score (nSPS) is 21.7. The van der Waals surface area contributed by atoms with Gasteiger partial charge < -0.3 is 15.5 Å². The monoisotopic (exact) mass is 247 g/mol. The summed E-state index contributed by atoms with van der Waals surface area (Å²) in [4.78, 5) is 1.34. The summed E-state index contributed by atoms with van der Waals surface area (Å²) in [6.07, 6.45) is 1.43. The van der Waals surface area contributed by atoms with Gasteiger partial charge in [0, 0.05) is 17.5 Å². The minimum Gasteiger partial charge on any atom is -0.394 e. The highest BCUT2D eigenvalue weighted by molar-refractivity contribution is 7.16. The van der Waals surface area contributed by atoms with Crippen molar-refractivity contribution in [2.75, 3.05) is 13.2 Å². The van der Waals surface area contributed by atoms with Gasteiger partial charge in [-0.05, 0) is 24.5 Å². The first-order valence-corrected chi connectivity index (χ1v) is 6.20. The third-order valence-electron chi connectivity index (χ3n) is 2.66. The lowest BCUT2D eigenvalue weighted by Crippen LogP contribution is -2.31. The van der Waals surface area contributed by atoms with E-state index in [4.69, 9.17) is 16.7 Å². The number of fused-ring (bicyclic) bond motifs is 1. The van der Waals surface area contributed by atoms with Crippen LogP contribution in [0.5, 0.6) is 0 Å². The zero-order valence-corrected chi connectivity index (χ0v) is 9.81. The zero-order valence-electron chi connectivity index (χ0n) is 8.24. The molecule has 0 amide bonds. The predicted octanol–water partition coefficient (Wildman–Crippen LogP) is 1.33. The van der Waals surface area contributed by atoms with Crippen LogP contribution in [0.25, 0.3) is 0 Å². The van der Waals surface area contributed by atoms with Crippen LogP contribution in [0.3, 0.4) is 0 Å². The third-order valence-corrected chi connectivity index (χ3v) is 4.00. The van der Waals surface area contributed by atoms with Crippen molar-refractivity contribution in [3.05, 3.63) is 20.8 Å². The van der Waals surface area contributed by atoms with E-state index in [1.165, 1.54) is 10.4 Å². The van der Waals surface area contributed by atoms with Crippen LogP contribution in [0.2, 0.25) is 4.34 Å². The molecule has 0 saturated heterocycles. The van der Waals surface area contributed by atoms with Gasteiger partial charge in [-0.1, -0.05) is 11.6 Å². The van der Waals surface area contributed by atoms with Gasteiger partial charge in [-0.15, -0.1) is 11.3 Å². The molecule has 0 aromatic carbocycles. The average molecular weight is 248 g/mol. The molecule has 0 radical (unpaired) electrons. The van der Waals surface area contributed by atoms with Crippen molar-refractivity contribution in [1.82, 2.24) is 5.32 Å². The van der Waals surface area contributed by atoms with Crippen LogP contribution in [0.4, 0.5) is 0 Å². The summed E-state index contributed by atoms with van der Waals surface area (Å²) in [6, 6.07) is 2.28. The topological polar surface area (TPSA) is 52.5 Å². The first-order chi connectivity index (χ1) is 7.20. The van der Waals surface area contributed by atoms with E-state index in [0.29, 0.717) is 6.54 Å². The third kappa shape index (κ3) is 2.52. The molecule has 2 rings (SSSR count). The van der Waals surface area contributed by atoms with Gasteiger partial charge >= 0.3 is 0 Å². The largest absolute Gasteiger partial charge is 0.394 e. The Kier molecular flexibility index (Phi) is 3.64. The van der Waals surface area contributed by atoms with Gasteiger partial charge in [0.2, 0.25) is 0 Å². The quantitative estimate of drug-likeness (QED) is 0.753. The SMILES string of the molecule is OCC(O)CNC1CCc2sc(Cl)cc21. The number of nitrogens with one attached hydrogen (secondary N) is 1. The highest BCUT2D eigenvalue weighted by atomic mass is 35.5. The lowest BCUT2D eigenvalue weighted by Gasteiger charge is -2.15. The van der Waals surface area contributed by atoms with Crippen molar-refractivity contribution < 1.29 is 10.2 Å². The van der Waals surface area contributed by atoms with Gasteiger partial charge in [0.1, 0.15) is 0 Å². The van der Waals surface area contributed by atoms with Crippen LogP contribution in [0.15, 0.2) is 6.07 Å². The molecule has 1 aromatic heterocycles. The smallest absolute Gasteiger partial charge is 0.0934 e. The van der Waals surface area contributed by atoms with E-state index in [1.807, 2.05) is 6.07 Å². The molecule has 15 heavy (non-hydrogen) atoms. The number of aliphatic hydroxyl groups is 2. The molecule has 2 unspecified atom stereocenters. The van der Waals surface area contributed by atoms with E-state index in [2.05, 4.69) is 5.32 Å². The Morgan fingerprint density at radius 3 is 3.20 bits per heavy atom. The van der Waals surface area contributed by atoms with Gasteiger partial charge in [-0.3, -0.25) is 0 Å². The molecule has 1 aromatic rings. The Labute approximate surface area is 97.7 Å². The highest BCUT2D eigenvalue weighted by Gasteiger charge is 2.24. The Hall–Kier alpha value is -0.130. The molecule has 3 nitrogen and oxygen atoms in total. The molecule has 0 fully saturated rings. The minimum absolute atomic E-state index is 0.197. The van der Waals surface area contributed by atoms with Gasteiger partial charge in [-0.2, -0.15) is 0 Å². The summed E-state index contributed by atoms with van der Waals surface area (Å²) in [7, 11) is 0. The maximum Gasteiger partial charge on any atom is 0.0934 e. The molecule has 0 spiro atoms. The van der Waals surface area contributed by atoms with Gasteiger partial charge in [-0.25, -0.2) is 0 Å². The first kappa shape index (κ1) is 11.4. The molecule has 0 aliphatic heterocycles. The molecule has 0 bridgehead atoms. The fourth-order valence-electron chi connectivity index (χ4n) is 1.88. The molecule has 2 atom stereocenters. The summed E-state index contributed by atoms with van der Waals surface area (Å²) in [5, 5.41) is 21.2. The molecule has 1 aliphatic rings. The lowest BCUT2D eigenvalue weighted by atomic mass is 10.1. The van der Waals surface area contributed by atoms with Gasteiger partial charge in [0.15, 0.2) is 0 Å². The molecule has 3 N–H and O–H groups in total. The van der Waals surface area contributed by atoms with Crippen LogP contribution in [0.1, 0.15) is 22.9 Å². The summed E-state index contributed by atoms with van der Waals surface area (Å²) >= 11 is 7.57. The van der Waals surface area contributed by atoms with Gasteiger partial charge in [0.25, 0.3) is 0 Å². The summed E-state index contributed by atoms with van der Waals surface area (Å²) in [5.74, 6) is 0. The Morgan fingerprint density at radius 2 is 2.47 bits per heavy atom. The van der Waals surface area contributed by atoms with Crippen molar-refractivity contribution in [2.24, 2.45) is 0 Å². The zero-order chi connectivity index (χ0) is 10.8. The van der Waals surface area contributed by atoms with E-state index in [-0.39, 0.29) is 12.6 Å². The predicted molar refractivity (Wildman–Crippen MR) is 61.5 cm³/mol. The number of thiophene rings is 1. The molecule has 0 saturated carbocycles. The van der Waals surface area contributed by atoms with Crippen molar-refractivity contribution in [1.29, 1.82) is 0 Å². The van der Waals surface area contributed by atoms with Crippen molar-refractivity contribution in [3.8, 4) is 0 Å². The molecule has 5 heteroatoms. The van der Waals surface area contributed by atoms with E-state index >= 15 is 0 Å². The standard InChI is InChI=1S/C10H14ClNO2S/c11-10-3-7-8(1-2-9(7)15-10)12-4-6(14)5-13/h3,6,8,12-14H,1-2,4-5H2. The molecular formula is C10H14ClNO2S. The summed E-state index contributed by atoms with van der Waals surface area (Å²) in [6.45, 7) is 0.227. The molecule has 1 aliphatic carbocycles. The number of aryl methyl sites for hydroxylation is 1. The Morgan fingerprint density at radius 1 is 1.67 bits per heavy atom. The molecular weight excluding hydrogens is 234 g/mol. The van der Waals surface area contributed by atoms with Crippen LogP contribution < -0.4 is 5.32 Å². The van der Waals surface area contributed by atoms with Gasteiger partial charge in [0.05, 0.1) is 17.0 Å². The summed E-state index contributed by atoms with van der Waals surface area (Å²) < 4.78 is 0.828. The Bertz CT molecular complexity index is 342. The fourth-order valence-corrected chi connectivity index (χ4v) is 3.24. The number of hydrogen-bond acceptors (Lipinski definition) is 4. The number of rotatable bonds is 4. The summed E-state index contributed by atoms with van der Waals surface area (Å²) in [5.41, 5.74) is 1.26. The fraction of sp³-hybridized carbons (Fsp3) is 0.600. The maximum atomic E-state index is 9.24. The van der Waals surface area contributed by atoms with Crippen LogP contribution in [-0.4, -0.2) is 29.5 Å². The highest BCUT2D eigenvalue weighted by Crippen LogP contribution is 2.39. The number of hydrogen-bond donors (Lipinski definition) is 3. The Balaban J connectivity index is 1.95. The first-order valence-electron chi connectivity index (χ1n) is 5.01. The van der Waals surface area contributed by atoms with Crippen LogP contribution >= 0.6 is 22.9 Å². The van der Waals surface area contributed by atoms with E-state index in [1.54, 1.807) is 11.3 Å². The molecule has 84 valence electrons. The number of halogens is 1. The molecule has 1 heterocycles. The maximum absolute atomic E-state index is 9.24. The minimum atomic E-state index is -0.678. The van der Waals surface area contributed by atoms with E-state index in [9.17, 15) is 5.11 Å². The van der Waals surface area contributed by atoms with Crippen molar-refractivity contribution in [2.45, 2.75) is 25.0 Å². The van der Waals surface area contributed by atoms with Crippen molar-refractivity contribution >= 4 is 22.9 Å². The van der Waals surface area contributed by atoms with Crippen LogP contribution in [-0.2, 0) is 6.42 Å². The van der Waals surface area contributed by atoms with E-state index in [0.717, 1.165) is 17.2 Å². The second-order valence-electron chi connectivity index (χ2n) is 3.76. The van der Waals surface area contributed by atoms with Crippen LogP contribution in [0, 0.1) is 0 Å².